The molecule has 0 amide bonds. The summed E-state index contributed by atoms with van der Waals surface area (Å²) < 4.78 is 5.68. The van der Waals surface area contributed by atoms with Gasteiger partial charge in [-0.25, -0.2) is 0 Å². The highest BCUT2D eigenvalue weighted by molar-refractivity contribution is 6.45. The maximum absolute atomic E-state index is 12.5. The molecule has 1 heterocycles. The van der Waals surface area contributed by atoms with E-state index in [1.54, 1.807) is 6.08 Å². The first-order valence-electron chi connectivity index (χ1n) is 9.19. The van der Waals surface area contributed by atoms with Gasteiger partial charge in [-0.15, -0.1) is 0 Å². The summed E-state index contributed by atoms with van der Waals surface area (Å²) in [4.78, 5) is 24.2. The van der Waals surface area contributed by atoms with Gasteiger partial charge in [-0.2, -0.15) is 0 Å². The van der Waals surface area contributed by atoms with Crippen molar-refractivity contribution < 1.29 is 19.4 Å². The van der Waals surface area contributed by atoms with Crippen LogP contribution in [-0.2, 0) is 14.3 Å². The highest BCUT2D eigenvalue weighted by Crippen LogP contribution is 2.44. The van der Waals surface area contributed by atoms with E-state index in [4.69, 9.17) is 16.3 Å². The van der Waals surface area contributed by atoms with E-state index < -0.39 is 17.3 Å². The summed E-state index contributed by atoms with van der Waals surface area (Å²) in [5.74, 6) is -0.345. The number of carbonyl (C=O) groups is 2. The van der Waals surface area contributed by atoms with Crippen LogP contribution in [0.3, 0.4) is 0 Å². The highest BCUT2D eigenvalue weighted by atomic mass is 35.5. The molecule has 3 atom stereocenters. The smallest absolute Gasteiger partial charge is 0.206 e. The lowest BCUT2D eigenvalue weighted by Gasteiger charge is -2.38. The molecule has 146 valence electrons. The van der Waals surface area contributed by atoms with Gasteiger partial charge in [0.05, 0.1) is 11.3 Å². The molecule has 5 heteroatoms. The number of rotatable bonds is 6. The minimum absolute atomic E-state index is 0.0351. The Labute approximate surface area is 165 Å². The Morgan fingerprint density at radius 2 is 2.11 bits per heavy atom. The summed E-state index contributed by atoms with van der Waals surface area (Å²) in [5, 5.41) is 10.6. The van der Waals surface area contributed by atoms with E-state index in [0.29, 0.717) is 22.8 Å². The molecule has 0 unspecified atom stereocenters. The molecule has 0 saturated carbocycles. The fourth-order valence-corrected chi connectivity index (χ4v) is 3.59. The molecule has 27 heavy (non-hydrogen) atoms. The van der Waals surface area contributed by atoms with Crippen molar-refractivity contribution in [3.8, 4) is 0 Å². The van der Waals surface area contributed by atoms with Crippen LogP contribution in [0, 0.1) is 11.8 Å². The molecule has 0 spiro atoms. The van der Waals surface area contributed by atoms with E-state index in [-0.39, 0.29) is 17.2 Å². The highest BCUT2D eigenvalue weighted by Gasteiger charge is 2.48. The second-order valence-electron chi connectivity index (χ2n) is 7.53. The largest absolute Gasteiger partial charge is 0.465 e. The number of carbonyl (C=O) groups excluding carboxylic acids is 2. The maximum Gasteiger partial charge on any atom is 0.206 e. The predicted molar refractivity (Wildman–Crippen MR) is 107 cm³/mol. The number of Topliss-reactive ketones (excluding diaryl/α,β-unsaturated/α-hetero) is 2. The third kappa shape index (κ3) is 4.69. The van der Waals surface area contributed by atoms with E-state index in [1.807, 2.05) is 19.1 Å². The Balaban J connectivity index is 2.36. The standard InChI is InChI=1S/C22H27ClO4/c1-6-13(2)9-14(3)7-8-16-11-17-18(12-27-16)19(10-15(4)24)22(5,26)21(25)20(17)23/h7-9,11-13,19,26H,6,10H2,1-5H3/b8-7+,14-9+/t13-,19+,22+/m0/s1. The molecule has 0 saturated heterocycles. The molecule has 0 bridgehead atoms. The van der Waals surface area contributed by atoms with Gasteiger partial charge in [0, 0.05) is 23.5 Å². The van der Waals surface area contributed by atoms with Gasteiger partial charge >= 0.3 is 0 Å². The number of halogens is 1. The van der Waals surface area contributed by atoms with Gasteiger partial charge in [0.25, 0.3) is 0 Å². The van der Waals surface area contributed by atoms with Crippen LogP contribution >= 0.6 is 11.6 Å². The molecule has 0 radical (unpaired) electrons. The van der Waals surface area contributed by atoms with Crippen molar-refractivity contribution in [2.75, 3.05) is 0 Å². The zero-order valence-corrected chi connectivity index (χ0v) is 17.3. The summed E-state index contributed by atoms with van der Waals surface area (Å²) in [7, 11) is 0. The van der Waals surface area contributed by atoms with Crippen LogP contribution in [0.25, 0.3) is 0 Å². The van der Waals surface area contributed by atoms with Crippen LogP contribution in [0.4, 0.5) is 0 Å². The van der Waals surface area contributed by atoms with Crippen molar-refractivity contribution in [1.82, 2.24) is 0 Å². The Morgan fingerprint density at radius 3 is 2.70 bits per heavy atom. The van der Waals surface area contributed by atoms with Crippen molar-refractivity contribution in [3.05, 3.63) is 58.1 Å². The first-order chi connectivity index (χ1) is 12.6. The number of ether oxygens (including phenoxy) is 1. The normalized spacial score (nSPS) is 27.1. The van der Waals surface area contributed by atoms with Crippen molar-refractivity contribution >= 4 is 23.2 Å². The van der Waals surface area contributed by atoms with Gasteiger partial charge in [0.2, 0.25) is 5.78 Å². The Morgan fingerprint density at radius 1 is 1.44 bits per heavy atom. The third-order valence-electron chi connectivity index (χ3n) is 5.06. The number of hydrogen-bond donors (Lipinski definition) is 1. The molecule has 0 fully saturated rings. The maximum atomic E-state index is 12.5. The lowest BCUT2D eigenvalue weighted by molar-refractivity contribution is -0.137. The summed E-state index contributed by atoms with van der Waals surface area (Å²) in [6, 6.07) is 0. The molecule has 0 aromatic rings. The van der Waals surface area contributed by atoms with Crippen LogP contribution in [-0.4, -0.2) is 22.3 Å². The molecule has 1 aliphatic carbocycles. The van der Waals surface area contributed by atoms with Crippen molar-refractivity contribution in [2.24, 2.45) is 11.8 Å². The van der Waals surface area contributed by atoms with E-state index in [0.717, 1.165) is 12.0 Å². The van der Waals surface area contributed by atoms with E-state index in [1.165, 1.54) is 20.1 Å². The fraction of sp³-hybridized carbons (Fsp3) is 0.455. The van der Waals surface area contributed by atoms with Gasteiger partial charge in [-0.05, 0) is 38.8 Å². The molecule has 2 rings (SSSR count). The Hall–Kier alpha value is -1.91. The van der Waals surface area contributed by atoms with Crippen LogP contribution in [0.1, 0.15) is 47.5 Å². The minimum Gasteiger partial charge on any atom is -0.465 e. The predicted octanol–water partition coefficient (Wildman–Crippen LogP) is 4.75. The molecular formula is C22H27ClO4. The number of hydrogen-bond acceptors (Lipinski definition) is 4. The number of allylic oxidation sites excluding steroid dienone is 6. The average molecular weight is 391 g/mol. The second-order valence-corrected chi connectivity index (χ2v) is 7.91. The van der Waals surface area contributed by atoms with Gasteiger partial charge in [-0.1, -0.05) is 49.6 Å². The van der Waals surface area contributed by atoms with Crippen LogP contribution < -0.4 is 0 Å². The van der Waals surface area contributed by atoms with Gasteiger partial charge in [-0.3, -0.25) is 4.79 Å². The second kappa shape index (κ2) is 8.41. The van der Waals surface area contributed by atoms with Crippen molar-refractivity contribution in [1.29, 1.82) is 0 Å². The Kier molecular flexibility index (Phi) is 6.66. The first kappa shape index (κ1) is 21.4. The molecule has 0 aromatic carbocycles. The lowest BCUT2D eigenvalue weighted by Crippen LogP contribution is -2.48. The van der Waals surface area contributed by atoms with E-state index in [2.05, 4.69) is 19.9 Å². The van der Waals surface area contributed by atoms with E-state index in [9.17, 15) is 14.7 Å². The summed E-state index contributed by atoms with van der Waals surface area (Å²) in [6.07, 6.45) is 10.2. The average Bonchev–Trinajstić information content (AvgIpc) is 2.61. The molecule has 4 nitrogen and oxygen atoms in total. The van der Waals surface area contributed by atoms with Gasteiger partial charge in [0.15, 0.2) is 0 Å². The zero-order valence-electron chi connectivity index (χ0n) is 16.5. The third-order valence-corrected chi connectivity index (χ3v) is 5.44. The first-order valence-corrected chi connectivity index (χ1v) is 9.57. The fourth-order valence-electron chi connectivity index (χ4n) is 3.24. The van der Waals surface area contributed by atoms with Gasteiger partial charge in [0.1, 0.15) is 17.1 Å². The van der Waals surface area contributed by atoms with Crippen LogP contribution in [0.15, 0.2) is 58.1 Å². The zero-order chi connectivity index (χ0) is 20.4. The summed E-state index contributed by atoms with van der Waals surface area (Å²) >= 11 is 6.25. The number of ketones is 2. The Bertz CT molecular complexity index is 793. The molecule has 1 aliphatic heterocycles. The monoisotopic (exact) mass is 390 g/mol. The quantitative estimate of drug-likeness (QED) is 0.664. The van der Waals surface area contributed by atoms with Crippen molar-refractivity contribution in [2.45, 2.75) is 53.1 Å². The van der Waals surface area contributed by atoms with Crippen LogP contribution in [0.2, 0.25) is 0 Å². The van der Waals surface area contributed by atoms with Crippen LogP contribution in [0.5, 0.6) is 0 Å². The molecule has 0 aromatic heterocycles. The number of fused-ring (bicyclic) bond motifs is 1. The topological polar surface area (TPSA) is 63.6 Å². The van der Waals surface area contributed by atoms with E-state index >= 15 is 0 Å². The summed E-state index contributed by atoms with van der Waals surface area (Å²) in [6.45, 7) is 9.13. The molecular weight excluding hydrogens is 364 g/mol. The summed E-state index contributed by atoms with van der Waals surface area (Å²) in [5.41, 5.74) is 0.455. The number of aliphatic hydroxyl groups is 1. The lowest BCUT2D eigenvalue weighted by atomic mass is 9.70. The van der Waals surface area contributed by atoms with Crippen molar-refractivity contribution in [3.63, 3.8) is 0 Å². The van der Waals surface area contributed by atoms with Gasteiger partial charge < -0.3 is 14.6 Å². The molecule has 2 aliphatic rings. The molecule has 1 N–H and O–H groups in total. The SMILES string of the molecule is CC[C@H](C)/C=C(C)/C=C/C1=CC2=C(Cl)C(=O)[C@](C)(O)[C@H](CC(C)=O)C2=CO1. The minimum atomic E-state index is -1.74.